The van der Waals surface area contributed by atoms with Crippen molar-refractivity contribution in [1.82, 2.24) is 4.90 Å². The Labute approximate surface area is 179 Å². The second-order valence-electron chi connectivity index (χ2n) is 8.59. The molecule has 1 saturated heterocycles. The summed E-state index contributed by atoms with van der Waals surface area (Å²) in [6.07, 6.45) is 4.97. The summed E-state index contributed by atoms with van der Waals surface area (Å²) in [5.74, 6) is 2.02. The molecule has 2 aliphatic rings. The van der Waals surface area contributed by atoms with Crippen LogP contribution in [0.15, 0.2) is 48.5 Å². The zero-order chi connectivity index (χ0) is 20.2. The highest BCUT2D eigenvalue weighted by atomic mass is 35.5. The van der Waals surface area contributed by atoms with Crippen LogP contribution in [0, 0.1) is 5.92 Å². The van der Waals surface area contributed by atoms with E-state index in [1.807, 2.05) is 29.2 Å². The van der Waals surface area contributed by atoms with Crippen molar-refractivity contribution in [3.63, 3.8) is 0 Å². The first kappa shape index (κ1) is 20.4. The number of benzene rings is 2. The molecule has 2 aromatic rings. The first-order chi connectivity index (χ1) is 14.1. The van der Waals surface area contributed by atoms with Crippen molar-refractivity contribution in [3.05, 3.63) is 70.2 Å². The summed E-state index contributed by atoms with van der Waals surface area (Å²) < 4.78 is 5.34. The van der Waals surface area contributed by atoms with Gasteiger partial charge in [0, 0.05) is 23.7 Å². The third kappa shape index (κ3) is 5.02. The van der Waals surface area contributed by atoms with Crippen molar-refractivity contribution in [2.45, 2.75) is 44.4 Å². The van der Waals surface area contributed by atoms with Crippen molar-refractivity contribution in [1.29, 1.82) is 0 Å². The number of rotatable bonds is 5. The first-order valence-electron chi connectivity index (χ1n) is 10.8. The molecule has 4 heteroatoms. The molecule has 0 bridgehead atoms. The van der Waals surface area contributed by atoms with Crippen molar-refractivity contribution >= 4 is 17.5 Å². The lowest BCUT2D eigenvalue weighted by Crippen LogP contribution is -2.40. The molecule has 4 rings (SSSR count). The maximum Gasteiger partial charge on any atom is 0.254 e. The van der Waals surface area contributed by atoms with E-state index in [1.54, 1.807) is 0 Å². The van der Waals surface area contributed by atoms with Crippen LogP contribution in [-0.4, -0.2) is 37.1 Å². The van der Waals surface area contributed by atoms with Gasteiger partial charge in [-0.15, -0.1) is 0 Å². The molecule has 1 aliphatic carbocycles. The Morgan fingerprint density at radius 3 is 2.62 bits per heavy atom. The minimum absolute atomic E-state index is 0.125. The second kappa shape index (κ2) is 9.32. The van der Waals surface area contributed by atoms with Gasteiger partial charge in [0.2, 0.25) is 0 Å². The van der Waals surface area contributed by atoms with E-state index < -0.39 is 0 Å². The molecule has 1 amide bonds. The fourth-order valence-corrected chi connectivity index (χ4v) is 5.09. The third-order valence-electron chi connectivity index (χ3n) is 6.57. The molecule has 2 aromatic carbocycles. The molecule has 3 nitrogen and oxygen atoms in total. The summed E-state index contributed by atoms with van der Waals surface area (Å²) in [4.78, 5) is 14.5. The van der Waals surface area contributed by atoms with Gasteiger partial charge in [-0.2, -0.15) is 0 Å². The first-order valence-corrected chi connectivity index (χ1v) is 11.2. The molecule has 0 spiro atoms. The van der Waals surface area contributed by atoms with Crippen LogP contribution >= 0.6 is 11.6 Å². The number of hydrogen-bond acceptors (Lipinski definition) is 2. The van der Waals surface area contributed by atoms with Gasteiger partial charge in [-0.25, -0.2) is 0 Å². The average Bonchev–Trinajstić information content (AvgIpc) is 3.22. The SMILES string of the molecule is C[C@@H](CC1CC[C@H](c2ccc(C(=O)N3CCOCC3)cc2)C1)c1cccc(Cl)c1. The monoisotopic (exact) mass is 411 g/mol. The number of ether oxygens (including phenoxy) is 1. The summed E-state index contributed by atoms with van der Waals surface area (Å²) in [6.45, 7) is 4.97. The minimum Gasteiger partial charge on any atom is -0.378 e. The molecule has 1 saturated carbocycles. The summed E-state index contributed by atoms with van der Waals surface area (Å²) in [7, 11) is 0. The molecule has 0 radical (unpaired) electrons. The van der Waals surface area contributed by atoms with Gasteiger partial charge in [-0.05, 0) is 78.8 Å². The molecular formula is C25H30ClNO2. The molecular weight excluding hydrogens is 382 g/mol. The molecule has 1 aliphatic heterocycles. The van der Waals surface area contributed by atoms with E-state index in [2.05, 4.69) is 31.2 Å². The van der Waals surface area contributed by atoms with E-state index in [4.69, 9.17) is 16.3 Å². The van der Waals surface area contributed by atoms with Gasteiger partial charge in [-0.1, -0.05) is 42.8 Å². The Kier molecular flexibility index (Phi) is 6.56. The minimum atomic E-state index is 0.125. The van der Waals surface area contributed by atoms with Gasteiger partial charge < -0.3 is 9.64 Å². The van der Waals surface area contributed by atoms with E-state index in [9.17, 15) is 4.79 Å². The molecule has 0 aromatic heterocycles. The molecule has 29 heavy (non-hydrogen) atoms. The number of morpholine rings is 1. The third-order valence-corrected chi connectivity index (χ3v) is 6.81. The van der Waals surface area contributed by atoms with E-state index in [0.29, 0.717) is 38.1 Å². The largest absolute Gasteiger partial charge is 0.378 e. The van der Waals surface area contributed by atoms with Crippen molar-refractivity contribution in [3.8, 4) is 0 Å². The maximum absolute atomic E-state index is 12.6. The predicted molar refractivity (Wildman–Crippen MR) is 118 cm³/mol. The zero-order valence-electron chi connectivity index (χ0n) is 17.1. The van der Waals surface area contributed by atoms with Crippen LogP contribution in [0.1, 0.15) is 65.9 Å². The highest BCUT2D eigenvalue weighted by Gasteiger charge is 2.28. The van der Waals surface area contributed by atoms with Crippen LogP contribution in [0.4, 0.5) is 0 Å². The van der Waals surface area contributed by atoms with E-state index in [0.717, 1.165) is 16.5 Å². The van der Waals surface area contributed by atoms with Crippen LogP contribution in [0.5, 0.6) is 0 Å². The lowest BCUT2D eigenvalue weighted by molar-refractivity contribution is 0.0303. The van der Waals surface area contributed by atoms with Gasteiger partial charge >= 0.3 is 0 Å². The van der Waals surface area contributed by atoms with Crippen LogP contribution in [0.2, 0.25) is 5.02 Å². The van der Waals surface area contributed by atoms with Gasteiger partial charge in [0.1, 0.15) is 0 Å². The fraction of sp³-hybridized carbons (Fsp3) is 0.480. The van der Waals surface area contributed by atoms with Gasteiger partial charge in [0.05, 0.1) is 13.2 Å². The molecule has 154 valence electrons. The Hall–Kier alpha value is -1.84. The number of hydrogen-bond donors (Lipinski definition) is 0. The lowest BCUT2D eigenvalue weighted by atomic mass is 9.88. The average molecular weight is 412 g/mol. The summed E-state index contributed by atoms with van der Waals surface area (Å²) >= 11 is 6.16. The number of amides is 1. The topological polar surface area (TPSA) is 29.5 Å². The highest BCUT2D eigenvalue weighted by molar-refractivity contribution is 6.30. The summed E-state index contributed by atoms with van der Waals surface area (Å²) in [6, 6.07) is 16.6. The maximum atomic E-state index is 12.6. The molecule has 0 N–H and O–H groups in total. The van der Waals surface area contributed by atoms with E-state index in [-0.39, 0.29) is 5.91 Å². The van der Waals surface area contributed by atoms with Gasteiger partial charge in [0.25, 0.3) is 5.91 Å². The Bertz CT molecular complexity index is 829. The Morgan fingerprint density at radius 1 is 1.14 bits per heavy atom. The smallest absolute Gasteiger partial charge is 0.254 e. The fourth-order valence-electron chi connectivity index (χ4n) is 4.89. The standard InChI is InChI=1S/C25H30ClNO2/c1-18(22-3-2-4-24(26)17-22)15-19-5-6-23(16-19)20-7-9-21(10-8-20)25(28)27-11-13-29-14-12-27/h2-4,7-10,17-19,23H,5-6,11-16H2,1H3/t18-,19?,23-/m0/s1. The van der Waals surface area contributed by atoms with Crippen LogP contribution < -0.4 is 0 Å². The van der Waals surface area contributed by atoms with E-state index in [1.165, 1.54) is 36.8 Å². The van der Waals surface area contributed by atoms with E-state index >= 15 is 0 Å². The van der Waals surface area contributed by atoms with Crippen LogP contribution in [0.25, 0.3) is 0 Å². The lowest BCUT2D eigenvalue weighted by Gasteiger charge is -2.27. The number of carbonyl (C=O) groups excluding carboxylic acids is 1. The quantitative estimate of drug-likeness (QED) is 0.613. The van der Waals surface area contributed by atoms with Crippen LogP contribution in [-0.2, 0) is 4.74 Å². The zero-order valence-corrected chi connectivity index (χ0v) is 17.9. The normalized spacial score (nSPS) is 23.2. The second-order valence-corrected chi connectivity index (χ2v) is 9.03. The van der Waals surface area contributed by atoms with Crippen molar-refractivity contribution in [2.75, 3.05) is 26.3 Å². The Balaban J connectivity index is 1.33. The molecule has 3 atom stereocenters. The van der Waals surface area contributed by atoms with Crippen molar-refractivity contribution in [2.24, 2.45) is 5.92 Å². The van der Waals surface area contributed by atoms with Crippen molar-refractivity contribution < 1.29 is 9.53 Å². The van der Waals surface area contributed by atoms with Gasteiger partial charge in [-0.3, -0.25) is 4.79 Å². The van der Waals surface area contributed by atoms with Gasteiger partial charge in [0.15, 0.2) is 0 Å². The molecule has 1 unspecified atom stereocenters. The molecule has 1 heterocycles. The van der Waals surface area contributed by atoms with Crippen LogP contribution in [0.3, 0.4) is 0 Å². The summed E-state index contributed by atoms with van der Waals surface area (Å²) in [5, 5.41) is 0.824. The molecule has 2 fully saturated rings. The summed E-state index contributed by atoms with van der Waals surface area (Å²) in [5.41, 5.74) is 3.51. The number of halogens is 1. The highest BCUT2D eigenvalue weighted by Crippen LogP contribution is 2.42. The number of carbonyl (C=O) groups is 1. The predicted octanol–water partition coefficient (Wildman–Crippen LogP) is 5.89. The number of nitrogens with zero attached hydrogens (tertiary/aromatic N) is 1. The Morgan fingerprint density at radius 2 is 1.90 bits per heavy atom.